The summed E-state index contributed by atoms with van der Waals surface area (Å²) in [6.45, 7) is 6.51. The summed E-state index contributed by atoms with van der Waals surface area (Å²) in [7, 11) is 0. The second-order valence-electron chi connectivity index (χ2n) is 20.2. The monoisotopic (exact) mass is 1000 g/mol. The van der Waals surface area contributed by atoms with Crippen molar-refractivity contribution >= 4 is 17.9 Å². The SMILES string of the molecule is CC/C=C\C/C=C\C/C=C\C/C=C\C/C=C\C/C=C\C/C=C\CCCC(=O)OCC(COC(=O)CCCCCCCCCCCCCCC)OC(=O)CCCCCCCCCCCCCCCCCCCC. The molecule has 0 heterocycles. The molecule has 414 valence electrons. The Morgan fingerprint density at radius 2 is 0.542 bits per heavy atom. The van der Waals surface area contributed by atoms with Gasteiger partial charge in [0, 0.05) is 19.3 Å². The highest BCUT2D eigenvalue weighted by atomic mass is 16.6. The third-order valence-electron chi connectivity index (χ3n) is 13.2. The fourth-order valence-corrected chi connectivity index (χ4v) is 8.61. The lowest BCUT2D eigenvalue weighted by molar-refractivity contribution is -0.167. The average Bonchev–Trinajstić information content (AvgIpc) is 3.38. The molecule has 0 aromatic heterocycles. The van der Waals surface area contributed by atoms with E-state index in [1.165, 1.54) is 161 Å². The van der Waals surface area contributed by atoms with E-state index in [-0.39, 0.29) is 37.5 Å². The number of esters is 3. The number of rotatable bonds is 55. The van der Waals surface area contributed by atoms with Crippen LogP contribution in [0.15, 0.2) is 85.1 Å². The van der Waals surface area contributed by atoms with Crippen LogP contribution in [-0.2, 0) is 28.6 Å². The molecular weight excluding hydrogens is 889 g/mol. The third-order valence-corrected chi connectivity index (χ3v) is 13.2. The highest BCUT2D eigenvalue weighted by molar-refractivity contribution is 5.71. The van der Waals surface area contributed by atoms with E-state index in [0.717, 1.165) is 89.9 Å². The minimum Gasteiger partial charge on any atom is -0.462 e. The lowest BCUT2D eigenvalue weighted by Crippen LogP contribution is -2.30. The van der Waals surface area contributed by atoms with E-state index in [0.29, 0.717) is 19.3 Å². The lowest BCUT2D eigenvalue weighted by atomic mass is 10.0. The normalized spacial score (nSPS) is 12.7. The molecule has 0 aliphatic heterocycles. The van der Waals surface area contributed by atoms with Crippen LogP contribution in [-0.4, -0.2) is 37.2 Å². The van der Waals surface area contributed by atoms with Crippen molar-refractivity contribution in [2.45, 2.75) is 303 Å². The summed E-state index contributed by atoms with van der Waals surface area (Å²) >= 11 is 0. The summed E-state index contributed by atoms with van der Waals surface area (Å²) in [6, 6.07) is 0. The first kappa shape index (κ1) is 68.6. The van der Waals surface area contributed by atoms with Crippen LogP contribution in [0.25, 0.3) is 0 Å². The maximum absolute atomic E-state index is 12.9. The summed E-state index contributed by atoms with van der Waals surface area (Å²) in [5, 5.41) is 0. The molecule has 0 aliphatic carbocycles. The van der Waals surface area contributed by atoms with Gasteiger partial charge in [-0.2, -0.15) is 0 Å². The number of carbonyl (C=O) groups is 3. The summed E-state index contributed by atoms with van der Waals surface area (Å²) in [4.78, 5) is 38.2. The van der Waals surface area contributed by atoms with Crippen molar-refractivity contribution < 1.29 is 28.6 Å². The quantitative estimate of drug-likeness (QED) is 0.0261. The van der Waals surface area contributed by atoms with E-state index in [4.69, 9.17) is 14.2 Å². The van der Waals surface area contributed by atoms with Crippen LogP contribution in [0.1, 0.15) is 297 Å². The molecule has 0 fully saturated rings. The second-order valence-corrected chi connectivity index (χ2v) is 20.2. The smallest absolute Gasteiger partial charge is 0.306 e. The zero-order valence-corrected chi connectivity index (χ0v) is 47.4. The minimum atomic E-state index is -0.797. The molecule has 1 atom stereocenters. The minimum absolute atomic E-state index is 0.0905. The molecule has 0 bridgehead atoms. The van der Waals surface area contributed by atoms with Gasteiger partial charge in [0.2, 0.25) is 0 Å². The van der Waals surface area contributed by atoms with Crippen molar-refractivity contribution in [3.8, 4) is 0 Å². The van der Waals surface area contributed by atoms with Gasteiger partial charge in [-0.1, -0.05) is 292 Å². The van der Waals surface area contributed by atoms with E-state index in [2.05, 4.69) is 106 Å². The van der Waals surface area contributed by atoms with Crippen LogP contribution in [0.4, 0.5) is 0 Å². The van der Waals surface area contributed by atoms with Gasteiger partial charge in [-0.3, -0.25) is 14.4 Å². The van der Waals surface area contributed by atoms with Crippen LogP contribution in [0.3, 0.4) is 0 Å². The number of hydrogen-bond acceptors (Lipinski definition) is 6. The Balaban J connectivity index is 4.43. The van der Waals surface area contributed by atoms with E-state index in [9.17, 15) is 14.4 Å². The van der Waals surface area contributed by atoms with Gasteiger partial charge in [-0.05, 0) is 70.6 Å². The predicted octanol–water partition coefficient (Wildman–Crippen LogP) is 20.7. The van der Waals surface area contributed by atoms with Gasteiger partial charge in [0.1, 0.15) is 13.2 Å². The van der Waals surface area contributed by atoms with Crippen LogP contribution in [0.2, 0.25) is 0 Å². The molecule has 0 aromatic carbocycles. The van der Waals surface area contributed by atoms with E-state index < -0.39 is 6.10 Å². The summed E-state index contributed by atoms with van der Waals surface area (Å²) in [5.41, 5.74) is 0. The van der Waals surface area contributed by atoms with Crippen molar-refractivity contribution in [3.63, 3.8) is 0 Å². The van der Waals surface area contributed by atoms with Crippen LogP contribution in [0, 0.1) is 0 Å². The van der Waals surface area contributed by atoms with Gasteiger partial charge in [-0.15, -0.1) is 0 Å². The van der Waals surface area contributed by atoms with Gasteiger partial charge in [0.15, 0.2) is 6.10 Å². The molecule has 0 aliphatic rings. The number of unbranched alkanes of at least 4 members (excludes halogenated alkanes) is 30. The first-order valence-electron chi connectivity index (χ1n) is 30.6. The molecule has 0 saturated carbocycles. The van der Waals surface area contributed by atoms with Gasteiger partial charge >= 0.3 is 17.9 Å². The Labute approximate surface area is 445 Å². The Kier molecular flexibility index (Phi) is 57.3. The molecule has 0 amide bonds. The van der Waals surface area contributed by atoms with Gasteiger partial charge in [0.05, 0.1) is 0 Å². The first-order chi connectivity index (χ1) is 35.5. The van der Waals surface area contributed by atoms with Crippen molar-refractivity contribution in [2.24, 2.45) is 0 Å². The zero-order valence-electron chi connectivity index (χ0n) is 47.4. The summed E-state index contributed by atoms with van der Waals surface area (Å²) in [5.74, 6) is -0.940. The van der Waals surface area contributed by atoms with Crippen molar-refractivity contribution in [1.82, 2.24) is 0 Å². The molecule has 1 unspecified atom stereocenters. The molecular formula is C66H114O6. The Morgan fingerprint density at radius 3 is 0.847 bits per heavy atom. The molecule has 0 aromatic rings. The lowest BCUT2D eigenvalue weighted by Gasteiger charge is -2.18. The molecule has 0 radical (unpaired) electrons. The third kappa shape index (κ3) is 57.5. The standard InChI is InChI=1S/C66H114O6/c1-4-7-10-13-16-19-22-25-27-29-31-32-33-34-35-37-38-41-44-47-50-53-56-59-65(68)71-62-63(61-70-64(67)58-55-52-49-46-43-40-24-21-18-15-12-9-6-3)72-66(69)60-57-54-51-48-45-42-39-36-30-28-26-23-20-17-14-11-8-5-2/h7,10,16,19,25,27,31-32,34-35,38,41,47,50,63H,4-6,8-9,11-15,17-18,20-24,26,28-30,33,36-37,39-40,42-46,48-49,51-62H2,1-3H3/b10-7-,19-16-,27-25-,32-31-,35-34-,41-38-,50-47-. The van der Waals surface area contributed by atoms with Crippen LogP contribution < -0.4 is 0 Å². The molecule has 72 heavy (non-hydrogen) atoms. The van der Waals surface area contributed by atoms with E-state index >= 15 is 0 Å². The van der Waals surface area contributed by atoms with Crippen molar-refractivity contribution in [2.75, 3.05) is 13.2 Å². The molecule has 0 N–H and O–H groups in total. The van der Waals surface area contributed by atoms with Gasteiger partial charge in [-0.25, -0.2) is 0 Å². The second kappa shape index (κ2) is 60.1. The highest BCUT2D eigenvalue weighted by Gasteiger charge is 2.19. The van der Waals surface area contributed by atoms with E-state index in [1.807, 2.05) is 0 Å². The van der Waals surface area contributed by atoms with Crippen LogP contribution >= 0.6 is 0 Å². The topological polar surface area (TPSA) is 78.9 Å². The molecule has 0 rings (SSSR count). The Morgan fingerprint density at radius 1 is 0.292 bits per heavy atom. The maximum Gasteiger partial charge on any atom is 0.306 e. The number of allylic oxidation sites excluding steroid dienone is 14. The zero-order chi connectivity index (χ0) is 52.2. The summed E-state index contributed by atoms with van der Waals surface area (Å²) in [6.07, 6.45) is 78.7. The van der Waals surface area contributed by atoms with Crippen LogP contribution in [0.5, 0.6) is 0 Å². The largest absolute Gasteiger partial charge is 0.462 e. The Bertz CT molecular complexity index is 1380. The maximum atomic E-state index is 12.9. The number of hydrogen-bond donors (Lipinski definition) is 0. The first-order valence-corrected chi connectivity index (χ1v) is 30.6. The highest BCUT2D eigenvalue weighted by Crippen LogP contribution is 2.17. The van der Waals surface area contributed by atoms with Crippen molar-refractivity contribution in [1.29, 1.82) is 0 Å². The van der Waals surface area contributed by atoms with E-state index in [1.54, 1.807) is 0 Å². The molecule has 6 nitrogen and oxygen atoms in total. The Hall–Kier alpha value is -3.41. The van der Waals surface area contributed by atoms with Crippen molar-refractivity contribution in [3.05, 3.63) is 85.1 Å². The molecule has 6 heteroatoms. The van der Waals surface area contributed by atoms with Gasteiger partial charge < -0.3 is 14.2 Å². The average molecular weight is 1000 g/mol. The number of carbonyl (C=O) groups excluding carboxylic acids is 3. The van der Waals surface area contributed by atoms with Gasteiger partial charge in [0.25, 0.3) is 0 Å². The fraction of sp³-hybridized carbons (Fsp3) is 0.742. The molecule has 0 spiro atoms. The predicted molar refractivity (Wildman–Crippen MR) is 311 cm³/mol. The number of ether oxygens (including phenoxy) is 3. The summed E-state index contributed by atoms with van der Waals surface area (Å²) < 4.78 is 16.9. The fourth-order valence-electron chi connectivity index (χ4n) is 8.61. The molecule has 0 saturated heterocycles.